The van der Waals surface area contributed by atoms with Crippen molar-refractivity contribution in [3.8, 4) is 17.3 Å². The average molecular weight is 336 g/mol. The molecule has 0 fully saturated rings. The Hall–Kier alpha value is -3.35. The second-order valence-electron chi connectivity index (χ2n) is 5.59. The molecule has 2 aromatic heterocycles. The standard InChI is InChI=1S/C18H16N4O3/c23-18(7-3-13-2-5-15-16(10-13)25-12-24-15)21-14-4-6-17(19-11-14)22-9-1-8-20-22/h1-2,4-6,8-11H,3,7,12H2,(H,21,23). The molecule has 0 bridgehead atoms. The summed E-state index contributed by atoms with van der Waals surface area (Å²) in [7, 11) is 0. The van der Waals surface area contributed by atoms with Crippen LogP contribution in [0.2, 0.25) is 0 Å². The molecule has 126 valence electrons. The highest BCUT2D eigenvalue weighted by atomic mass is 16.7. The Morgan fingerprint density at radius 1 is 1.20 bits per heavy atom. The molecule has 1 aromatic carbocycles. The number of fused-ring (bicyclic) bond motifs is 1. The fourth-order valence-electron chi connectivity index (χ4n) is 2.58. The first kappa shape index (κ1) is 15.2. The number of aromatic nitrogens is 3. The zero-order chi connectivity index (χ0) is 17.1. The van der Waals surface area contributed by atoms with Gasteiger partial charge in [0.25, 0.3) is 0 Å². The van der Waals surface area contributed by atoms with Crippen LogP contribution < -0.4 is 14.8 Å². The number of benzene rings is 1. The highest BCUT2D eigenvalue weighted by Crippen LogP contribution is 2.32. The van der Waals surface area contributed by atoms with Gasteiger partial charge in [0.1, 0.15) is 0 Å². The SMILES string of the molecule is O=C(CCc1ccc2c(c1)OCO2)Nc1ccc(-n2cccn2)nc1. The molecule has 0 atom stereocenters. The van der Waals surface area contributed by atoms with Crippen molar-refractivity contribution in [1.82, 2.24) is 14.8 Å². The first-order valence-corrected chi connectivity index (χ1v) is 7.92. The maximum Gasteiger partial charge on any atom is 0.231 e. The van der Waals surface area contributed by atoms with Gasteiger partial charge in [-0.1, -0.05) is 6.07 Å². The van der Waals surface area contributed by atoms with Crippen molar-refractivity contribution in [3.05, 3.63) is 60.6 Å². The predicted octanol–water partition coefficient (Wildman–Crippen LogP) is 2.57. The van der Waals surface area contributed by atoms with Crippen molar-refractivity contribution in [1.29, 1.82) is 0 Å². The van der Waals surface area contributed by atoms with E-state index in [1.807, 2.05) is 36.5 Å². The van der Waals surface area contributed by atoms with E-state index < -0.39 is 0 Å². The number of aryl methyl sites for hydroxylation is 1. The molecule has 0 saturated carbocycles. The normalized spacial score (nSPS) is 12.2. The highest BCUT2D eigenvalue weighted by Gasteiger charge is 2.13. The van der Waals surface area contributed by atoms with E-state index in [1.165, 1.54) is 0 Å². The number of nitrogens with one attached hydrogen (secondary N) is 1. The van der Waals surface area contributed by atoms with Gasteiger partial charge in [0.05, 0.1) is 11.9 Å². The summed E-state index contributed by atoms with van der Waals surface area (Å²) in [6, 6.07) is 11.2. The van der Waals surface area contributed by atoms with Crippen molar-refractivity contribution >= 4 is 11.6 Å². The minimum absolute atomic E-state index is 0.0636. The summed E-state index contributed by atoms with van der Waals surface area (Å²) in [6.07, 6.45) is 6.12. The van der Waals surface area contributed by atoms with Crippen LogP contribution in [-0.2, 0) is 11.2 Å². The Bertz CT molecular complexity index is 876. The van der Waals surface area contributed by atoms with Crippen LogP contribution in [0, 0.1) is 0 Å². The van der Waals surface area contributed by atoms with Crippen LogP contribution >= 0.6 is 0 Å². The van der Waals surface area contributed by atoms with E-state index in [9.17, 15) is 4.79 Å². The van der Waals surface area contributed by atoms with E-state index >= 15 is 0 Å². The first-order chi connectivity index (χ1) is 12.3. The summed E-state index contributed by atoms with van der Waals surface area (Å²) in [5.74, 6) is 2.11. The Labute approximate surface area is 144 Å². The quantitative estimate of drug-likeness (QED) is 0.775. The zero-order valence-corrected chi connectivity index (χ0v) is 13.4. The molecule has 4 rings (SSSR count). The van der Waals surface area contributed by atoms with E-state index in [2.05, 4.69) is 15.4 Å². The maximum atomic E-state index is 12.1. The number of carbonyl (C=O) groups excluding carboxylic acids is 1. The molecule has 3 aromatic rings. The first-order valence-electron chi connectivity index (χ1n) is 7.92. The van der Waals surface area contributed by atoms with Gasteiger partial charge in [-0.15, -0.1) is 0 Å². The zero-order valence-electron chi connectivity index (χ0n) is 13.4. The van der Waals surface area contributed by atoms with Crippen molar-refractivity contribution in [2.45, 2.75) is 12.8 Å². The highest BCUT2D eigenvalue weighted by molar-refractivity contribution is 5.90. The lowest BCUT2D eigenvalue weighted by Gasteiger charge is -2.07. The minimum Gasteiger partial charge on any atom is -0.454 e. The second kappa shape index (κ2) is 6.64. The van der Waals surface area contributed by atoms with Crippen LogP contribution in [0.1, 0.15) is 12.0 Å². The number of nitrogens with zero attached hydrogens (tertiary/aromatic N) is 3. The fourth-order valence-corrected chi connectivity index (χ4v) is 2.58. The summed E-state index contributed by atoms with van der Waals surface area (Å²) in [4.78, 5) is 16.4. The van der Waals surface area contributed by atoms with Crippen LogP contribution in [0.5, 0.6) is 11.5 Å². The molecule has 1 amide bonds. The molecule has 0 spiro atoms. The number of hydrogen-bond acceptors (Lipinski definition) is 5. The number of hydrogen-bond donors (Lipinski definition) is 1. The third kappa shape index (κ3) is 3.45. The van der Waals surface area contributed by atoms with E-state index in [1.54, 1.807) is 23.1 Å². The lowest BCUT2D eigenvalue weighted by atomic mass is 10.1. The smallest absolute Gasteiger partial charge is 0.231 e. The van der Waals surface area contributed by atoms with Gasteiger partial charge in [-0.05, 0) is 42.3 Å². The van der Waals surface area contributed by atoms with Crippen LogP contribution in [0.4, 0.5) is 5.69 Å². The van der Waals surface area contributed by atoms with Crippen LogP contribution in [0.15, 0.2) is 55.0 Å². The van der Waals surface area contributed by atoms with Crippen molar-refractivity contribution in [2.75, 3.05) is 12.1 Å². The molecule has 25 heavy (non-hydrogen) atoms. The number of ether oxygens (including phenoxy) is 2. The third-order valence-electron chi connectivity index (χ3n) is 3.85. The largest absolute Gasteiger partial charge is 0.454 e. The van der Waals surface area contributed by atoms with E-state index in [-0.39, 0.29) is 12.7 Å². The molecule has 0 saturated heterocycles. The molecule has 0 radical (unpaired) electrons. The molecule has 1 N–H and O–H groups in total. The average Bonchev–Trinajstić information content (AvgIpc) is 3.32. The molecule has 1 aliphatic heterocycles. The van der Waals surface area contributed by atoms with Crippen molar-refractivity contribution in [3.63, 3.8) is 0 Å². The topological polar surface area (TPSA) is 78.3 Å². The fraction of sp³-hybridized carbons (Fsp3) is 0.167. The Morgan fingerprint density at radius 3 is 2.92 bits per heavy atom. The summed E-state index contributed by atoms with van der Waals surface area (Å²) >= 11 is 0. The van der Waals surface area contributed by atoms with Crippen LogP contribution in [-0.4, -0.2) is 27.5 Å². The molecule has 3 heterocycles. The molecular weight excluding hydrogens is 320 g/mol. The van der Waals surface area contributed by atoms with E-state index in [4.69, 9.17) is 9.47 Å². The molecule has 0 aliphatic carbocycles. The Kier molecular flexibility index (Phi) is 4.04. The second-order valence-corrected chi connectivity index (χ2v) is 5.59. The third-order valence-corrected chi connectivity index (χ3v) is 3.85. The van der Waals surface area contributed by atoms with Gasteiger partial charge in [-0.25, -0.2) is 9.67 Å². The predicted molar refractivity (Wildman–Crippen MR) is 90.9 cm³/mol. The Morgan fingerprint density at radius 2 is 2.12 bits per heavy atom. The monoisotopic (exact) mass is 336 g/mol. The number of anilines is 1. The summed E-state index contributed by atoms with van der Waals surface area (Å²) < 4.78 is 12.3. The summed E-state index contributed by atoms with van der Waals surface area (Å²) in [6.45, 7) is 0.251. The van der Waals surface area contributed by atoms with Crippen molar-refractivity contribution in [2.24, 2.45) is 0 Å². The van der Waals surface area contributed by atoms with E-state index in [0.29, 0.717) is 24.3 Å². The number of pyridine rings is 1. The summed E-state index contributed by atoms with van der Waals surface area (Å²) in [5, 5.41) is 6.96. The number of carbonyl (C=O) groups is 1. The molecular formula is C18H16N4O3. The van der Waals surface area contributed by atoms with Gasteiger partial charge in [0.2, 0.25) is 12.7 Å². The molecule has 7 nitrogen and oxygen atoms in total. The van der Waals surface area contributed by atoms with Crippen LogP contribution in [0.3, 0.4) is 0 Å². The Balaban J connectivity index is 1.33. The number of amides is 1. The lowest BCUT2D eigenvalue weighted by Crippen LogP contribution is -2.12. The van der Waals surface area contributed by atoms with Gasteiger partial charge >= 0.3 is 0 Å². The molecule has 0 unspecified atom stereocenters. The van der Waals surface area contributed by atoms with Gasteiger partial charge in [-0.3, -0.25) is 4.79 Å². The molecule has 7 heteroatoms. The van der Waals surface area contributed by atoms with Gasteiger partial charge in [-0.2, -0.15) is 5.10 Å². The van der Waals surface area contributed by atoms with Gasteiger partial charge in [0, 0.05) is 18.8 Å². The lowest BCUT2D eigenvalue weighted by molar-refractivity contribution is -0.116. The summed E-state index contributed by atoms with van der Waals surface area (Å²) in [5.41, 5.74) is 1.69. The molecule has 1 aliphatic rings. The minimum atomic E-state index is -0.0636. The van der Waals surface area contributed by atoms with E-state index in [0.717, 1.165) is 17.1 Å². The van der Waals surface area contributed by atoms with Crippen LogP contribution in [0.25, 0.3) is 5.82 Å². The maximum absolute atomic E-state index is 12.1. The van der Waals surface area contributed by atoms with Crippen molar-refractivity contribution < 1.29 is 14.3 Å². The van der Waals surface area contributed by atoms with Gasteiger partial charge in [0.15, 0.2) is 17.3 Å². The van der Waals surface area contributed by atoms with Gasteiger partial charge < -0.3 is 14.8 Å². The number of rotatable bonds is 5.